The minimum Gasteiger partial charge on any atom is -0.398 e. The van der Waals surface area contributed by atoms with Gasteiger partial charge in [-0.05, 0) is 18.6 Å². The van der Waals surface area contributed by atoms with Crippen molar-refractivity contribution >= 4 is 11.8 Å². The van der Waals surface area contributed by atoms with Gasteiger partial charge in [0.05, 0.1) is 0 Å². The number of rotatable bonds is 1. The van der Waals surface area contributed by atoms with Crippen LogP contribution in [0.4, 0.5) is 5.69 Å². The molecule has 0 atom stereocenters. The standard InChI is InChI=1S/C9H11N.C3H8.C2H6/c1-2-5-8-6-3-4-7-9(8)10;1-3-2;1-2/h2-7H,10H2,1H3;3H2,1-2H3;1-2H3/b5-2-;;. The Balaban J connectivity index is 0. The molecule has 0 unspecified atom stereocenters. The van der Waals surface area contributed by atoms with Crippen molar-refractivity contribution in [1.82, 2.24) is 0 Å². The number of anilines is 1. The maximum atomic E-state index is 5.66. The van der Waals surface area contributed by atoms with Crippen molar-refractivity contribution in [3.8, 4) is 0 Å². The van der Waals surface area contributed by atoms with Crippen LogP contribution < -0.4 is 5.73 Å². The van der Waals surface area contributed by atoms with Gasteiger partial charge >= 0.3 is 0 Å². The Morgan fingerprint density at radius 2 is 1.60 bits per heavy atom. The van der Waals surface area contributed by atoms with E-state index in [1.165, 1.54) is 6.42 Å². The lowest BCUT2D eigenvalue weighted by Crippen LogP contribution is -1.86. The first-order valence-electron chi connectivity index (χ1n) is 5.73. The fourth-order valence-corrected chi connectivity index (χ4v) is 0.842. The largest absolute Gasteiger partial charge is 0.398 e. The van der Waals surface area contributed by atoms with Gasteiger partial charge in [-0.15, -0.1) is 0 Å². The Morgan fingerprint density at radius 3 is 2.00 bits per heavy atom. The summed E-state index contributed by atoms with van der Waals surface area (Å²) in [4.78, 5) is 0. The Morgan fingerprint density at radius 1 is 1.13 bits per heavy atom. The molecule has 2 N–H and O–H groups in total. The van der Waals surface area contributed by atoms with Crippen LogP contribution in [0.2, 0.25) is 0 Å². The van der Waals surface area contributed by atoms with Gasteiger partial charge < -0.3 is 5.73 Å². The molecular weight excluding hydrogens is 182 g/mol. The normalized spacial score (nSPS) is 8.60. The van der Waals surface area contributed by atoms with E-state index in [1.54, 1.807) is 0 Å². The maximum absolute atomic E-state index is 5.66. The number of hydrogen-bond acceptors (Lipinski definition) is 1. The number of allylic oxidation sites excluding steroid dienone is 1. The molecule has 1 aromatic carbocycles. The highest BCUT2D eigenvalue weighted by Crippen LogP contribution is 2.11. The minimum atomic E-state index is 0.834. The second-order valence-electron chi connectivity index (χ2n) is 2.84. The summed E-state index contributed by atoms with van der Waals surface area (Å²) in [7, 11) is 0. The summed E-state index contributed by atoms with van der Waals surface area (Å²) in [5.74, 6) is 0. The SMILES string of the molecule is C/C=C\c1ccccc1N.CC.CCC. The van der Waals surface area contributed by atoms with Crippen molar-refractivity contribution in [1.29, 1.82) is 0 Å². The highest BCUT2D eigenvalue weighted by Gasteiger charge is 1.88. The number of hydrogen-bond donors (Lipinski definition) is 1. The predicted molar refractivity (Wildman–Crippen MR) is 72.9 cm³/mol. The van der Waals surface area contributed by atoms with E-state index in [1.807, 2.05) is 57.2 Å². The van der Waals surface area contributed by atoms with E-state index in [0.29, 0.717) is 0 Å². The van der Waals surface area contributed by atoms with Gasteiger partial charge in [0, 0.05) is 5.69 Å². The van der Waals surface area contributed by atoms with Crippen molar-refractivity contribution in [3.63, 3.8) is 0 Å². The zero-order chi connectivity index (χ0) is 12.1. The molecule has 0 radical (unpaired) electrons. The second-order valence-corrected chi connectivity index (χ2v) is 2.84. The molecule has 0 fully saturated rings. The molecule has 15 heavy (non-hydrogen) atoms. The van der Waals surface area contributed by atoms with Crippen LogP contribution in [0.15, 0.2) is 30.3 Å². The maximum Gasteiger partial charge on any atom is 0.0387 e. The summed E-state index contributed by atoms with van der Waals surface area (Å²) >= 11 is 0. The zero-order valence-corrected chi connectivity index (χ0v) is 10.7. The number of para-hydroxylation sites is 1. The lowest BCUT2D eigenvalue weighted by molar-refractivity contribution is 1.09. The first-order chi connectivity index (χ1) is 7.26. The summed E-state index contributed by atoms with van der Waals surface area (Å²) in [5, 5.41) is 0. The fourth-order valence-electron chi connectivity index (χ4n) is 0.842. The molecular formula is C14H25N. The van der Waals surface area contributed by atoms with Gasteiger partial charge in [-0.2, -0.15) is 0 Å². The van der Waals surface area contributed by atoms with Crippen LogP contribution in [-0.4, -0.2) is 0 Å². The van der Waals surface area contributed by atoms with Crippen molar-refractivity contribution in [2.24, 2.45) is 0 Å². The summed E-state index contributed by atoms with van der Waals surface area (Å²) in [6.45, 7) is 10.2. The third-order valence-corrected chi connectivity index (χ3v) is 1.34. The van der Waals surface area contributed by atoms with Crippen molar-refractivity contribution in [3.05, 3.63) is 35.9 Å². The molecule has 0 spiro atoms. The van der Waals surface area contributed by atoms with Crippen molar-refractivity contribution in [2.45, 2.75) is 41.0 Å². The average Bonchev–Trinajstić information content (AvgIpc) is 2.26. The molecule has 0 saturated carbocycles. The zero-order valence-electron chi connectivity index (χ0n) is 10.7. The van der Waals surface area contributed by atoms with Gasteiger partial charge in [0.1, 0.15) is 0 Å². The molecule has 86 valence electrons. The molecule has 0 aliphatic heterocycles. The van der Waals surface area contributed by atoms with Crippen molar-refractivity contribution < 1.29 is 0 Å². The number of nitrogens with two attached hydrogens (primary N) is 1. The van der Waals surface area contributed by atoms with E-state index in [2.05, 4.69) is 13.8 Å². The van der Waals surface area contributed by atoms with Crippen molar-refractivity contribution in [2.75, 3.05) is 5.73 Å². The summed E-state index contributed by atoms with van der Waals surface area (Å²) in [6, 6.07) is 7.80. The fraction of sp³-hybridized carbons (Fsp3) is 0.429. The molecule has 0 aromatic heterocycles. The lowest BCUT2D eigenvalue weighted by Gasteiger charge is -1.96. The van der Waals surface area contributed by atoms with E-state index < -0.39 is 0 Å². The van der Waals surface area contributed by atoms with Gasteiger partial charge in [0.15, 0.2) is 0 Å². The van der Waals surface area contributed by atoms with Gasteiger partial charge in [-0.3, -0.25) is 0 Å². The lowest BCUT2D eigenvalue weighted by atomic mass is 10.2. The Kier molecular flexibility index (Phi) is 13.8. The predicted octanol–water partition coefficient (Wildman–Crippen LogP) is 4.74. The van der Waals surface area contributed by atoms with Gasteiger partial charge in [-0.25, -0.2) is 0 Å². The van der Waals surface area contributed by atoms with Crippen LogP contribution in [0.5, 0.6) is 0 Å². The van der Waals surface area contributed by atoms with E-state index in [-0.39, 0.29) is 0 Å². The van der Waals surface area contributed by atoms with Crippen LogP contribution in [0, 0.1) is 0 Å². The first kappa shape index (κ1) is 16.2. The van der Waals surface area contributed by atoms with E-state index >= 15 is 0 Å². The van der Waals surface area contributed by atoms with E-state index in [0.717, 1.165) is 11.3 Å². The minimum absolute atomic E-state index is 0.834. The van der Waals surface area contributed by atoms with Crippen LogP contribution in [-0.2, 0) is 0 Å². The summed E-state index contributed by atoms with van der Waals surface area (Å²) in [5.41, 5.74) is 7.58. The highest BCUT2D eigenvalue weighted by atomic mass is 14.5. The molecule has 0 aliphatic carbocycles. The van der Waals surface area contributed by atoms with Crippen LogP contribution in [0.3, 0.4) is 0 Å². The van der Waals surface area contributed by atoms with E-state index in [4.69, 9.17) is 5.73 Å². The molecule has 1 rings (SSSR count). The monoisotopic (exact) mass is 207 g/mol. The number of benzene rings is 1. The van der Waals surface area contributed by atoms with Gasteiger partial charge in [-0.1, -0.05) is 64.5 Å². The van der Waals surface area contributed by atoms with Gasteiger partial charge in [0.25, 0.3) is 0 Å². The molecule has 0 amide bonds. The van der Waals surface area contributed by atoms with E-state index in [9.17, 15) is 0 Å². The Bertz CT molecular complexity index is 251. The molecule has 0 saturated heterocycles. The van der Waals surface area contributed by atoms with Crippen LogP contribution in [0.1, 0.15) is 46.6 Å². The first-order valence-corrected chi connectivity index (χ1v) is 5.73. The van der Waals surface area contributed by atoms with Gasteiger partial charge in [0.2, 0.25) is 0 Å². The molecule has 1 nitrogen and oxygen atoms in total. The molecule has 0 aliphatic rings. The highest BCUT2D eigenvalue weighted by molar-refractivity contribution is 5.63. The third-order valence-electron chi connectivity index (χ3n) is 1.34. The van der Waals surface area contributed by atoms with Crippen LogP contribution >= 0.6 is 0 Å². The Labute approximate surface area is 95.0 Å². The average molecular weight is 207 g/mol. The topological polar surface area (TPSA) is 26.0 Å². The third kappa shape index (κ3) is 9.07. The summed E-state index contributed by atoms with van der Waals surface area (Å²) < 4.78 is 0. The summed E-state index contributed by atoms with van der Waals surface area (Å²) in [6.07, 6.45) is 5.22. The molecule has 0 heterocycles. The molecule has 0 bridgehead atoms. The Hall–Kier alpha value is -1.24. The smallest absolute Gasteiger partial charge is 0.0387 e. The second kappa shape index (κ2) is 12.8. The molecule has 1 heteroatoms. The quantitative estimate of drug-likeness (QED) is 0.661. The molecule has 1 aromatic rings. The van der Waals surface area contributed by atoms with Crippen LogP contribution in [0.25, 0.3) is 6.08 Å². The number of nitrogen functional groups attached to an aromatic ring is 1.